The lowest BCUT2D eigenvalue weighted by molar-refractivity contribution is -0.438. The number of aliphatic carboxylic acids is 1. The highest BCUT2D eigenvalue weighted by Crippen LogP contribution is 2.49. The van der Waals surface area contributed by atoms with Crippen LogP contribution in [0.5, 0.6) is 0 Å². The second-order valence-electron chi connectivity index (χ2n) is 15.5. The Hall–Kier alpha value is -3.40. The van der Waals surface area contributed by atoms with Crippen LogP contribution in [0.15, 0.2) is 88.5 Å². The molecule has 2 aromatic rings. The number of anilines is 1. The third-order valence-corrected chi connectivity index (χ3v) is 12.8. The van der Waals surface area contributed by atoms with Crippen LogP contribution in [0.3, 0.4) is 0 Å². The predicted molar refractivity (Wildman–Crippen MR) is 217 cm³/mol. The maximum Gasteiger partial charge on any atom is 0.304 e. The van der Waals surface area contributed by atoms with Gasteiger partial charge in [0.2, 0.25) is 5.69 Å². The summed E-state index contributed by atoms with van der Waals surface area (Å²) >= 11 is 1.65. The fraction of sp³-hybridized carbons (Fsp3) is 0.488. The molecular weight excluding hydrogens is 689 g/mol. The van der Waals surface area contributed by atoms with E-state index in [1.54, 1.807) is 11.8 Å². The molecule has 9 heteroatoms. The Morgan fingerprint density at radius 2 is 1.73 bits per heavy atom. The number of rotatable bonds is 16. The van der Waals surface area contributed by atoms with Gasteiger partial charge >= 0.3 is 5.97 Å². The Morgan fingerprint density at radius 1 is 0.962 bits per heavy atom. The van der Waals surface area contributed by atoms with E-state index in [0.717, 1.165) is 43.6 Å². The number of nitrogens with zero attached hydrogens (tertiary/aromatic N) is 2. The quantitative estimate of drug-likeness (QED) is 0.100. The number of fused-ring (bicyclic) bond motifs is 2. The molecule has 0 amide bonds. The molecular formula is C43H57N2O5S2+. The van der Waals surface area contributed by atoms with Gasteiger partial charge < -0.3 is 10.0 Å². The first-order valence-corrected chi connectivity index (χ1v) is 21.5. The van der Waals surface area contributed by atoms with E-state index >= 15 is 0 Å². The van der Waals surface area contributed by atoms with Crippen molar-refractivity contribution in [3.63, 3.8) is 0 Å². The van der Waals surface area contributed by atoms with E-state index in [2.05, 4.69) is 118 Å². The predicted octanol–water partition coefficient (Wildman–Crippen LogP) is 10.0. The maximum atomic E-state index is 11.6. The van der Waals surface area contributed by atoms with Gasteiger partial charge in [0.05, 0.1) is 17.6 Å². The molecule has 3 aliphatic rings. The zero-order valence-corrected chi connectivity index (χ0v) is 33.5. The van der Waals surface area contributed by atoms with Crippen LogP contribution in [0.1, 0.15) is 109 Å². The van der Waals surface area contributed by atoms with Gasteiger partial charge in [-0.3, -0.25) is 9.35 Å². The van der Waals surface area contributed by atoms with E-state index in [1.807, 2.05) is 0 Å². The number of allylic oxidation sites excluding steroid dienone is 7. The number of benzene rings is 2. The highest BCUT2D eigenvalue weighted by molar-refractivity contribution is 8.03. The molecule has 5 rings (SSSR count). The van der Waals surface area contributed by atoms with E-state index < -0.39 is 16.1 Å². The summed E-state index contributed by atoms with van der Waals surface area (Å²) in [5, 5.41) is 9.53. The van der Waals surface area contributed by atoms with E-state index in [9.17, 15) is 22.9 Å². The summed E-state index contributed by atoms with van der Waals surface area (Å²) in [6, 6.07) is 15.3. The van der Waals surface area contributed by atoms with Crippen molar-refractivity contribution in [2.75, 3.05) is 29.5 Å². The Balaban J connectivity index is 1.54. The van der Waals surface area contributed by atoms with Gasteiger partial charge in [-0.15, -0.1) is 11.8 Å². The average Bonchev–Trinajstić information content (AvgIpc) is 3.42. The number of carbonyl (C=O) groups is 1. The minimum Gasteiger partial charge on any atom is -0.481 e. The van der Waals surface area contributed by atoms with Gasteiger partial charge in [-0.25, -0.2) is 0 Å². The zero-order chi connectivity index (χ0) is 37.7. The molecule has 0 unspecified atom stereocenters. The third-order valence-electron chi connectivity index (χ3n) is 10.8. The SMILES string of the molecule is CCCCC[N+]1=C(/C=C/C2=C(SCCC(=O)O)C(=C/C=C3/N(CCCCS(=O)(=O)O)c4ccc(C)cc4C3(C)C)/CCC2)C(C)(C)c2ccccc21. The Bertz CT molecular complexity index is 1930. The van der Waals surface area contributed by atoms with Gasteiger partial charge in [-0.1, -0.05) is 75.2 Å². The molecule has 2 aromatic carbocycles. The van der Waals surface area contributed by atoms with Crippen LogP contribution >= 0.6 is 11.8 Å². The number of hydrogen-bond donors (Lipinski definition) is 2. The summed E-state index contributed by atoms with van der Waals surface area (Å²) in [6.07, 6.45) is 16.6. The molecule has 0 spiro atoms. The van der Waals surface area contributed by atoms with Crippen LogP contribution in [0.25, 0.3) is 0 Å². The molecule has 0 saturated heterocycles. The van der Waals surface area contributed by atoms with Crippen LogP contribution in [-0.4, -0.2) is 58.9 Å². The van der Waals surface area contributed by atoms with E-state index in [0.29, 0.717) is 25.1 Å². The van der Waals surface area contributed by atoms with Crippen molar-refractivity contribution in [1.29, 1.82) is 0 Å². The molecule has 280 valence electrons. The molecule has 7 nitrogen and oxygen atoms in total. The molecule has 1 aliphatic carbocycles. The summed E-state index contributed by atoms with van der Waals surface area (Å²) in [6.45, 7) is 15.1. The fourth-order valence-electron chi connectivity index (χ4n) is 7.99. The fourth-order valence-corrected chi connectivity index (χ4v) is 9.75. The Morgan fingerprint density at radius 3 is 2.46 bits per heavy atom. The van der Waals surface area contributed by atoms with Crippen molar-refractivity contribution in [1.82, 2.24) is 0 Å². The molecule has 2 N–H and O–H groups in total. The van der Waals surface area contributed by atoms with Crippen LogP contribution in [-0.2, 0) is 25.7 Å². The highest BCUT2D eigenvalue weighted by atomic mass is 32.2. The number of carboxylic acid groups (broad SMARTS) is 1. The lowest BCUT2D eigenvalue weighted by atomic mass is 9.81. The van der Waals surface area contributed by atoms with Crippen molar-refractivity contribution in [2.45, 2.75) is 110 Å². The number of carboxylic acids is 1. The van der Waals surface area contributed by atoms with Crippen molar-refractivity contribution < 1.29 is 27.4 Å². The number of hydrogen-bond acceptors (Lipinski definition) is 5. The molecule has 52 heavy (non-hydrogen) atoms. The third kappa shape index (κ3) is 9.03. The van der Waals surface area contributed by atoms with E-state index in [-0.39, 0.29) is 23.0 Å². The number of aryl methyl sites for hydroxylation is 1. The minimum atomic E-state index is -4.01. The zero-order valence-electron chi connectivity index (χ0n) is 31.9. The van der Waals surface area contributed by atoms with Gasteiger partial charge in [0.25, 0.3) is 10.1 Å². The van der Waals surface area contributed by atoms with Gasteiger partial charge in [0, 0.05) is 58.1 Å². The second-order valence-corrected chi connectivity index (χ2v) is 18.1. The molecule has 0 fully saturated rings. The molecule has 2 aliphatic heterocycles. The summed E-state index contributed by atoms with van der Waals surface area (Å²) in [4.78, 5) is 15.1. The van der Waals surface area contributed by atoms with Crippen molar-refractivity contribution >= 4 is 44.9 Å². The van der Waals surface area contributed by atoms with Gasteiger partial charge in [0.1, 0.15) is 6.54 Å². The van der Waals surface area contributed by atoms with Crippen LogP contribution in [0.2, 0.25) is 0 Å². The van der Waals surface area contributed by atoms with Gasteiger partial charge in [-0.05, 0) is 88.1 Å². The normalized spacial score (nSPS) is 19.7. The van der Waals surface area contributed by atoms with E-state index in [4.69, 9.17) is 0 Å². The minimum absolute atomic E-state index is 0.101. The number of thioether (sulfide) groups is 1. The van der Waals surface area contributed by atoms with Crippen LogP contribution in [0.4, 0.5) is 11.4 Å². The molecule has 0 bridgehead atoms. The lowest BCUT2D eigenvalue weighted by Crippen LogP contribution is -2.28. The topological polar surface area (TPSA) is 97.9 Å². The summed E-state index contributed by atoms with van der Waals surface area (Å²) in [5.41, 5.74) is 10.7. The molecule has 0 radical (unpaired) electrons. The average molecular weight is 746 g/mol. The summed E-state index contributed by atoms with van der Waals surface area (Å²) < 4.78 is 34.7. The van der Waals surface area contributed by atoms with Crippen LogP contribution < -0.4 is 4.90 Å². The second kappa shape index (κ2) is 16.7. The van der Waals surface area contributed by atoms with Crippen molar-refractivity contribution in [3.8, 4) is 0 Å². The molecule has 2 heterocycles. The largest absolute Gasteiger partial charge is 0.481 e. The van der Waals surface area contributed by atoms with Crippen molar-refractivity contribution in [3.05, 3.63) is 105 Å². The Labute approximate surface area is 316 Å². The first kappa shape index (κ1) is 39.8. The van der Waals surface area contributed by atoms with Gasteiger partial charge in [-0.2, -0.15) is 13.0 Å². The van der Waals surface area contributed by atoms with Gasteiger partial charge in [0.15, 0.2) is 5.71 Å². The van der Waals surface area contributed by atoms with E-state index in [1.165, 1.54) is 57.0 Å². The molecule has 0 atom stereocenters. The Kier molecular flexibility index (Phi) is 12.8. The lowest BCUT2D eigenvalue weighted by Gasteiger charge is -2.27. The molecule has 0 aromatic heterocycles. The summed E-state index contributed by atoms with van der Waals surface area (Å²) in [5.74, 6) is -0.531. The smallest absolute Gasteiger partial charge is 0.304 e. The number of unbranched alkanes of at least 4 members (excludes halogenated alkanes) is 3. The standard InChI is InChI=1S/C43H56N2O5S2/c1-7-8-11-26-44-36-18-10-9-17-34(36)42(3,4)38(44)23-20-32-15-14-16-33(41(32)51-28-25-40(46)47)21-24-39-43(5,6)35-30-31(2)19-22-37(35)45(39)27-12-13-29-52(48,49)50/h9-10,17-24,30H,7-8,11-16,25-29H2,1-6H3,(H-,46,47,48,49,50)/p+1. The monoisotopic (exact) mass is 745 g/mol. The highest BCUT2D eigenvalue weighted by Gasteiger charge is 2.44. The van der Waals surface area contributed by atoms with Crippen LogP contribution in [0, 0.1) is 6.92 Å². The first-order chi connectivity index (χ1) is 24.6. The maximum absolute atomic E-state index is 11.6. The summed E-state index contributed by atoms with van der Waals surface area (Å²) in [7, 11) is -4.01. The van der Waals surface area contributed by atoms with Crippen molar-refractivity contribution in [2.24, 2.45) is 0 Å². The first-order valence-electron chi connectivity index (χ1n) is 18.9. The molecule has 0 saturated carbocycles. The number of para-hydroxylation sites is 1.